The Morgan fingerprint density at radius 3 is 2.47 bits per heavy atom. The minimum absolute atomic E-state index is 0.380. The third-order valence-electron chi connectivity index (χ3n) is 2.00. The van der Waals surface area contributed by atoms with Gasteiger partial charge in [0.1, 0.15) is 5.03 Å². The Labute approximate surface area is 103 Å². The van der Waals surface area contributed by atoms with Crippen LogP contribution in [0.4, 0.5) is 5.95 Å². The molecule has 0 radical (unpaired) electrons. The van der Waals surface area contributed by atoms with Gasteiger partial charge in [-0.1, -0.05) is 0 Å². The molecule has 17 heavy (non-hydrogen) atoms. The molecular formula is C10H12N6S. The summed E-state index contributed by atoms with van der Waals surface area (Å²) in [6.45, 7) is 3.87. The first-order chi connectivity index (χ1) is 8.19. The number of hydrogen-bond donors (Lipinski definition) is 2. The summed E-state index contributed by atoms with van der Waals surface area (Å²) in [5.41, 5.74) is 4.40. The largest absolute Gasteiger partial charge is 0.292 e. The SMILES string of the molecule is Cc1cnc(Sc2nc(NN)ncc2C)nc1. The van der Waals surface area contributed by atoms with Crippen LogP contribution < -0.4 is 11.3 Å². The summed E-state index contributed by atoms with van der Waals surface area (Å²) >= 11 is 1.38. The van der Waals surface area contributed by atoms with Gasteiger partial charge in [0.05, 0.1) is 0 Å². The summed E-state index contributed by atoms with van der Waals surface area (Å²) in [4.78, 5) is 16.7. The molecule has 6 nitrogen and oxygen atoms in total. The maximum absolute atomic E-state index is 5.27. The number of rotatable bonds is 3. The molecule has 0 saturated carbocycles. The lowest BCUT2D eigenvalue weighted by atomic mass is 10.4. The highest BCUT2D eigenvalue weighted by atomic mass is 32.2. The maximum Gasteiger partial charge on any atom is 0.238 e. The number of aryl methyl sites for hydroxylation is 2. The summed E-state index contributed by atoms with van der Waals surface area (Å²) < 4.78 is 0. The van der Waals surface area contributed by atoms with Gasteiger partial charge in [-0.2, -0.15) is 0 Å². The zero-order valence-electron chi connectivity index (χ0n) is 9.51. The number of hydrazine groups is 1. The Morgan fingerprint density at radius 2 is 1.82 bits per heavy atom. The quantitative estimate of drug-likeness (QED) is 0.366. The van der Waals surface area contributed by atoms with Gasteiger partial charge in [0.2, 0.25) is 5.95 Å². The van der Waals surface area contributed by atoms with Gasteiger partial charge in [0.15, 0.2) is 5.16 Å². The Kier molecular flexibility index (Phi) is 3.50. The van der Waals surface area contributed by atoms with E-state index in [-0.39, 0.29) is 0 Å². The lowest BCUT2D eigenvalue weighted by Gasteiger charge is -2.05. The molecule has 0 aliphatic rings. The van der Waals surface area contributed by atoms with Crippen LogP contribution in [0.5, 0.6) is 0 Å². The van der Waals surface area contributed by atoms with E-state index in [1.807, 2.05) is 13.8 Å². The zero-order valence-corrected chi connectivity index (χ0v) is 10.3. The van der Waals surface area contributed by atoms with Gasteiger partial charge in [-0.25, -0.2) is 25.8 Å². The van der Waals surface area contributed by atoms with Crippen molar-refractivity contribution in [3.05, 3.63) is 29.7 Å². The molecule has 2 rings (SSSR count). The molecule has 0 aliphatic carbocycles. The Bertz CT molecular complexity index is 513. The van der Waals surface area contributed by atoms with Crippen molar-refractivity contribution in [1.82, 2.24) is 19.9 Å². The van der Waals surface area contributed by atoms with Crippen LogP contribution in [0.3, 0.4) is 0 Å². The minimum Gasteiger partial charge on any atom is -0.292 e. The Balaban J connectivity index is 2.25. The molecule has 2 aromatic rings. The zero-order chi connectivity index (χ0) is 12.3. The summed E-state index contributed by atoms with van der Waals surface area (Å²) in [7, 11) is 0. The first kappa shape index (κ1) is 11.7. The number of nitrogen functional groups attached to an aromatic ring is 1. The summed E-state index contributed by atoms with van der Waals surface area (Å²) in [6.07, 6.45) is 5.25. The standard InChI is InChI=1S/C10H12N6S/c1-6-3-13-10(14-4-6)17-8-7(2)5-12-9(15-8)16-11/h3-5H,11H2,1-2H3,(H,12,15,16). The average Bonchev–Trinajstić information content (AvgIpc) is 2.35. The third kappa shape index (κ3) is 2.89. The fourth-order valence-corrected chi connectivity index (χ4v) is 1.85. The second kappa shape index (κ2) is 5.07. The van der Waals surface area contributed by atoms with Crippen molar-refractivity contribution in [3.8, 4) is 0 Å². The van der Waals surface area contributed by atoms with Gasteiger partial charge in [-0.15, -0.1) is 0 Å². The van der Waals surface area contributed by atoms with Crippen LogP contribution in [-0.2, 0) is 0 Å². The Hall–Kier alpha value is -1.73. The predicted molar refractivity (Wildman–Crippen MR) is 65.5 cm³/mol. The fraction of sp³-hybridized carbons (Fsp3) is 0.200. The van der Waals surface area contributed by atoms with Crippen LogP contribution in [0.1, 0.15) is 11.1 Å². The molecule has 0 aromatic carbocycles. The molecule has 0 aliphatic heterocycles. The third-order valence-corrected chi connectivity index (χ3v) is 3.00. The smallest absolute Gasteiger partial charge is 0.238 e. The normalized spacial score (nSPS) is 10.3. The van der Waals surface area contributed by atoms with Crippen molar-refractivity contribution in [2.24, 2.45) is 5.84 Å². The first-order valence-corrected chi connectivity index (χ1v) is 5.77. The molecule has 0 saturated heterocycles. The van der Waals surface area contributed by atoms with Crippen LogP contribution >= 0.6 is 11.8 Å². The van der Waals surface area contributed by atoms with Gasteiger partial charge in [-0.3, -0.25) is 5.43 Å². The monoisotopic (exact) mass is 248 g/mol. The van der Waals surface area contributed by atoms with Crippen LogP contribution in [0.15, 0.2) is 28.8 Å². The molecule has 0 spiro atoms. The van der Waals surface area contributed by atoms with Gasteiger partial charge in [-0.05, 0) is 31.2 Å². The van der Waals surface area contributed by atoms with Gasteiger partial charge < -0.3 is 0 Å². The predicted octanol–water partition coefficient (Wildman–Crippen LogP) is 1.32. The van der Waals surface area contributed by atoms with E-state index in [1.165, 1.54) is 11.8 Å². The van der Waals surface area contributed by atoms with E-state index in [1.54, 1.807) is 18.6 Å². The molecular weight excluding hydrogens is 236 g/mol. The summed E-state index contributed by atoms with van der Waals surface area (Å²) in [5, 5.41) is 1.44. The number of anilines is 1. The van der Waals surface area contributed by atoms with Crippen molar-refractivity contribution < 1.29 is 0 Å². The van der Waals surface area contributed by atoms with Gasteiger partial charge >= 0.3 is 0 Å². The van der Waals surface area contributed by atoms with E-state index in [0.717, 1.165) is 16.2 Å². The van der Waals surface area contributed by atoms with Crippen LogP contribution in [0.2, 0.25) is 0 Å². The van der Waals surface area contributed by atoms with Crippen molar-refractivity contribution in [2.45, 2.75) is 24.0 Å². The van der Waals surface area contributed by atoms with Gasteiger partial charge in [0.25, 0.3) is 0 Å². The number of nitrogens with zero attached hydrogens (tertiary/aromatic N) is 4. The van der Waals surface area contributed by atoms with Gasteiger partial charge in [0, 0.05) is 24.2 Å². The highest BCUT2D eigenvalue weighted by Gasteiger charge is 2.07. The summed E-state index contributed by atoms with van der Waals surface area (Å²) in [6, 6.07) is 0. The molecule has 2 aromatic heterocycles. The van der Waals surface area contributed by atoms with Crippen molar-refractivity contribution in [1.29, 1.82) is 0 Å². The summed E-state index contributed by atoms with van der Waals surface area (Å²) in [5.74, 6) is 5.65. The molecule has 3 N–H and O–H groups in total. The second-order valence-corrected chi connectivity index (χ2v) is 4.43. The highest BCUT2D eigenvalue weighted by molar-refractivity contribution is 7.99. The van der Waals surface area contributed by atoms with E-state index in [9.17, 15) is 0 Å². The minimum atomic E-state index is 0.380. The number of nitrogens with one attached hydrogen (secondary N) is 1. The highest BCUT2D eigenvalue weighted by Crippen LogP contribution is 2.25. The van der Waals surface area contributed by atoms with Crippen LogP contribution in [0.25, 0.3) is 0 Å². The molecule has 0 unspecified atom stereocenters. The van der Waals surface area contributed by atoms with E-state index < -0.39 is 0 Å². The van der Waals surface area contributed by atoms with Crippen molar-refractivity contribution >= 4 is 17.7 Å². The molecule has 0 fully saturated rings. The van der Waals surface area contributed by atoms with Crippen LogP contribution in [-0.4, -0.2) is 19.9 Å². The van der Waals surface area contributed by atoms with E-state index in [2.05, 4.69) is 25.4 Å². The second-order valence-electron chi connectivity index (χ2n) is 3.47. The maximum atomic E-state index is 5.27. The fourth-order valence-electron chi connectivity index (χ4n) is 1.12. The topological polar surface area (TPSA) is 89.6 Å². The number of nitrogens with two attached hydrogens (primary N) is 1. The molecule has 88 valence electrons. The first-order valence-electron chi connectivity index (χ1n) is 4.96. The molecule has 0 bridgehead atoms. The number of aromatic nitrogens is 4. The van der Waals surface area contributed by atoms with Crippen molar-refractivity contribution in [2.75, 3.05) is 5.43 Å². The molecule has 0 atom stereocenters. The lowest BCUT2D eigenvalue weighted by Crippen LogP contribution is -2.11. The lowest BCUT2D eigenvalue weighted by molar-refractivity contribution is 0.933. The average molecular weight is 248 g/mol. The Morgan fingerprint density at radius 1 is 1.12 bits per heavy atom. The van der Waals surface area contributed by atoms with Crippen LogP contribution in [0, 0.1) is 13.8 Å². The van der Waals surface area contributed by atoms with Crippen molar-refractivity contribution in [3.63, 3.8) is 0 Å². The number of hydrogen-bond acceptors (Lipinski definition) is 7. The molecule has 0 amide bonds. The molecule has 2 heterocycles. The molecule has 7 heteroatoms. The van der Waals surface area contributed by atoms with E-state index in [4.69, 9.17) is 5.84 Å². The van der Waals surface area contributed by atoms with E-state index in [0.29, 0.717) is 11.1 Å². The van der Waals surface area contributed by atoms with E-state index >= 15 is 0 Å².